The largest absolute Gasteiger partial charge is 0.459 e. The summed E-state index contributed by atoms with van der Waals surface area (Å²) in [6.07, 6.45) is 2.86. The van der Waals surface area contributed by atoms with E-state index >= 15 is 0 Å². The molecule has 1 atom stereocenters. The van der Waals surface area contributed by atoms with E-state index in [1.807, 2.05) is 30.5 Å². The maximum atomic E-state index is 11.3. The van der Waals surface area contributed by atoms with Crippen LogP contribution in [0.5, 0.6) is 5.75 Å². The van der Waals surface area contributed by atoms with Crippen LogP contribution in [0, 0.1) is 0 Å². The number of nitrogens with zero attached hydrogens (tertiary/aromatic N) is 2. The summed E-state index contributed by atoms with van der Waals surface area (Å²) in [6, 6.07) is 24.8. The van der Waals surface area contributed by atoms with Gasteiger partial charge in [0.2, 0.25) is 5.72 Å². The number of fused-ring (bicyclic) bond motifs is 6. The molecule has 36 heavy (non-hydrogen) atoms. The highest BCUT2D eigenvalue weighted by Crippen LogP contribution is 2.56. The third kappa shape index (κ3) is 3.41. The number of benzene rings is 4. The van der Waals surface area contributed by atoms with Gasteiger partial charge in [-0.25, -0.2) is 0 Å². The SMILES string of the molecule is CC1(C)c2c(ccc3ccccc23)N(CCCCS(=O)(=O)O)C12C=Nc1c(ccc3ccccc13)O2. The van der Waals surface area contributed by atoms with Crippen LogP contribution in [0.25, 0.3) is 21.5 Å². The fraction of sp³-hybridized carbons (Fsp3) is 0.276. The molecule has 0 radical (unpaired) electrons. The molecular weight excluding hydrogens is 472 g/mol. The molecule has 0 aliphatic carbocycles. The summed E-state index contributed by atoms with van der Waals surface area (Å²) >= 11 is 0. The lowest BCUT2D eigenvalue weighted by Crippen LogP contribution is -2.62. The lowest BCUT2D eigenvalue weighted by Gasteiger charge is -2.46. The molecule has 0 aromatic heterocycles. The van der Waals surface area contributed by atoms with Crippen LogP contribution in [-0.4, -0.2) is 37.2 Å². The van der Waals surface area contributed by atoms with Crippen LogP contribution in [0.1, 0.15) is 32.3 Å². The first kappa shape index (κ1) is 23.0. The molecule has 0 saturated carbocycles. The number of anilines is 1. The molecule has 2 aliphatic rings. The van der Waals surface area contributed by atoms with Crippen LogP contribution in [0.2, 0.25) is 0 Å². The summed E-state index contributed by atoms with van der Waals surface area (Å²) in [6.45, 7) is 4.93. The van der Waals surface area contributed by atoms with Crippen LogP contribution < -0.4 is 9.64 Å². The van der Waals surface area contributed by atoms with E-state index < -0.39 is 21.3 Å². The van der Waals surface area contributed by atoms with E-state index in [9.17, 15) is 13.0 Å². The van der Waals surface area contributed by atoms with Crippen molar-refractivity contribution in [2.24, 2.45) is 4.99 Å². The smallest absolute Gasteiger partial charge is 0.264 e. The Balaban J connectivity index is 1.49. The minimum absolute atomic E-state index is 0.258. The van der Waals surface area contributed by atoms with Crippen LogP contribution in [-0.2, 0) is 15.5 Å². The van der Waals surface area contributed by atoms with Crippen molar-refractivity contribution in [3.05, 3.63) is 78.4 Å². The van der Waals surface area contributed by atoms with Crippen molar-refractivity contribution in [1.29, 1.82) is 0 Å². The quantitative estimate of drug-likeness (QED) is 0.259. The first-order chi connectivity index (χ1) is 17.2. The second-order valence-corrected chi connectivity index (χ2v) is 11.7. The number of hydrogen-bond acceptors (Lipinski definition) is 5. The van der Waals surface area contributed by atoms with Crippen molar-refractivity contribution in [2.45, 2.75) is 37.8 Å². The predicted molar refractivity (Wildman–Crippen MR) is 145 cm³/mol. The van der Waals surface area contributed by atoms with Gasteiger partial charge in [-0.15, -0.1) is 0 Å². The van der Waals surface area contributed by atoms with Gasteiger partial charge in [0.25, 0.3) is 10.1 Å². The fourth-order valence-corrected chi connectivity index (χ4v) is 6.46. The highest BCUT2D eigenvalue weighted by Gasteiger charge is 2.60. The molecule has 1 spiro atoms. The van der Waals surface area contributed by atoms with Gasteiger partial charge >= 0.3 is 0 Å². The van der Waals surface area contributed by atoms with Crippen LogP contribution in [0.4, 0.5) is 11.4 Å². The lowest BCUT2D eigenvalue weighted by molar-refractivity contribution is 0.0780. The van der Waals surface area contributed by atoms with Crippen molar-refractivity contribution >= 4 is 49.3 Å². The van der Waals surface area contributed by atoms with Gasteiger partial charge in [0.15, 0.2) is 0 Å². The zero-order chi connectivity index (χ0) is 25.1. The van der Waals surface area contributed by atoms with Crippen LogP contribution in [0.15, 0.2) is 77.8 Å². The van der Waals surface area contributed by atoms with Crippen molar-refractivity contribution < 1.29 is 17.7 Å². The van der Waals surface area contributed by atoms with E-state index in [4.69, 9.17) is 9.73 Å². The van der Waals surface area contributed by atoms with E-state index in [2.05, 4.69) is 67.3 Å². The zero-order valence-electron chi connectivity index (χ0n) is 20.3. The van der Waals surface area contributed by atoms with Gasteiger partial charge in [-0.1, -0.05) is 60.7 Å². The molecule has 4 aromatic rings. The Morgan fingerprint density at radius 3 is 2.31 bits per heavy atom. The first-order valence-corrected chi connectivity index (χ1v) is 13.8. The Morgan fingerprint density at radius 1 is 0.889 bits per heavy atom. The summed E-state index contributed by atoms with van der Waals surface area (Å²) in [4.78, 5) is 7.23. The third-order valence-corrected chi connectivity index (χ3v) is 8.46. The maximum Gasteiger partial charge on any atom is 0.264 e. The molecular formula is C29H28N2O4S. The van der Waals surface area contributed by atoms with Gasteiger partial charge in [-0.2, -0.15) is 8.42 Å². The van der Waals surface area contributed by atoms with Crippen molar-refractivity contribution in [3.63, 3.8) is 0 Å². The number of ether oxygens (including phenoxy) is 1. The minimum atomic E-state index is -4.00. The van der Waals surface area contributed by atoms with E-state index in [-0.39, 0.29) is 5.75 Å². The summed E-state index contributed by atoms with van der Waals surface area (Å²) < 4.78 is 38.8. The van der Waals surface area contributed by atoms with Gasteiger partial charge in [0, 0.05) is 17.6 Å². The minimum Gasteiger partial charge on any atom is -0.459 e. The monoisotopic (exact) mass is 500 g/mol. The second-order valence-electron chi connectivity index (χ2n) is 10.1. The predicted octanol–water partition coefficient (Wildman–Crippen LogP) is 6.25. The van der Waals surface area contributed by atoms with Crippen molar-refractivity contribution in [2.75, 3.05) is 17.2 Å². The number of rotatable bonds is 5. The zero-order valence-corrected chi connectivity index (χ0v) is 21.1. The Hall–Kier alpha value is -3.42. The lowest BCUT2D eigenvalue weighted by atomic mass is 9.75. The van der Waals surface area contributed by atoms with Gasteiger partial charge in [-0.05, 0) is 60.5 Å². The molecule has 6 rings (SSSR count). The average molecular weight is 501 g/mol. The summed E-state index contributed by atoms with van der Waals surface area (Å²) in [5.41, 5.74) is 1.69. The molecule has 0 fully saturated rings. The maximum absolute atomic E-state index is 11.3. The molecule has 1 unspecified atom stereocenters. The van der Waals surface area contributed by atoms with Crippen LogP contribution >= 0.6 is 0 Å². The van der Waals surface area contributed by atoms with E-state index in [1.54, 1.807) is 0 Å². The molecule has 2 aliphatic heterocycles. The number of unbranched alkanes of at least 4 members (excludes halogenated alkanes) is 1. The Labute approximate surface area is 211 Å². The molecule has 184 valence electrons. The van der Waals surface area contributed by atoms with Crippen molar-refractivity contribution in [3.8, 4) is 5.75 Å². The highest BCUT2D eigenvalue weighted by atomic mass is 32.2. The average Bonchev–Trinajstić information content (AvgIpc) is 3.04. The van der Waals surface area contributed by atoms with Crippen LogP contribution in [0.3, 0.4) is 0 Å². The Kier molecular flexibility index (Phi) is 5.14. The Morgan fingerprint density at radius 2 is 1.56 bits per heavy atom. The standard InChI is InChI=1S/C29H28N2O4S/c1-28(2)26-22-11-5-3-9-20(22)13-15-24(26)31(17-7-8-18-36(32,33)34)29(28)19-30-27-23-12-6-4-10-21(23)14-16-25(27)35-29/h3-6,9-16,19H,7-8,17-18H2,1-2H3,(H,32,33,34). The summed E-state index contributed by atoms with van der Waals surface area (Å²) in [5, 5.41) is 4.47. The molecule has 0 amide bonds. The Bertz CT molecular complexity index is 1640. The van der Waals surface area contributed by atoms with E-state index in [0.717, 1.165) is 33.3 Å². The normalized spacial score (nSPS) is 20.0. The number of aliphatic imine (C=N–C) groups is 1. The molecule has 6 nitrogen and oxygen atoms in total. The van der Waals surface area contributed by atoms with E-state index in [0.29, 0.717) is 19.4 Å². The molecule has 1 N–H and O–H groups in total. The molecule has 7 heteroatoms. The second kappa shape index (κ2) is 8.05. The van der Waals surface area contributed by atoms with Gasteiger partial charge in [0.05, 0.1) is 17.4 Å². The van der Waals surface area contributed by atoms with Gasteiger partial charge < -0.3 is 9.64 Å². The molecule has 0 bridgehead atoms. The van der Waals surface area contributed by atoms with E-state index in [1.165, 1.54) is 10.9 Å². The molecule has 0 saturated heterocycles. The molecule has 4 aromatic carbocycles. The van der Waals surface area contributed by atoms with Gasteiger partial charge in [0.1, 0.15) is 11.4 Å². The first-order valence-electron chi connectivity index (χ1n) is 12.2. The summed E-state index contributed by atoms with van der Waals surface area (Å²) in [7, 11) is -4.00. The molecule has 2 heterocycles. The number of hydrogen-bond donors (Lipinski definition) is 1. The van der Waals surface area contributed by atoms with Gasteiger partial charge in [-0.3, -0.25) is 9.55 Å². The fourth-order valence-electron chi connectivity index (χ4n) is 5.89. The highest BCUT2D eigenvalue weighted by molar-refractivity contribution is 7.85. The topological polar surface area (TPSA) is 79.2 Å². The third-order valence-electron chi connectivity index (χ3n) is 7.65. The summed E-state index contributed by atoms with van der Waals surface area (Å²) in [5.74, 6) is 0.468. The van der Waals surface area contributed by atoms with Crippen molar-refractivity contribution in [1.82, 2.24) is 0 Å².